The number of rotatable bonds is 0. The summed E-state index contributed by atoms with van der Waals surface area (Å²) in [7, 11) is 0. The van der Waals surface area contributed by atoms with Crippen molar-refractivity contribution in [1.29, 1.82) is 0 Å². The van der Waals surface area contributed by atoms with Crippen LogP contribution in [0.1, 0.15) is 40.2 Å². The smallest absolute Gasteiger partial charge is 0.414 e. The summed E-state index contributed by atoms with van der Waals surface area (Å²) in [5.74, 6) is 0. The summed E-state index contributed by atoms with van der Waals surface area (Å²) in [4.78, 5) is 14.0. The summed E-state index contributed by atoms with van der Waals surface area (Å²) < 4.78 is 6.51. The predicted octanol–water partition coefficient (Wildman–Crippen LogP) is 4.48. The number of halogens is 1. The van der Waals surface area contributed by atoms with Gasteiger partial charge in [0.2, 0.25) is 0 Å². The van der Waals surface area contributed by atoms with Gasteiger partial charge in [0.25, 0.3) is 0 Å². The van der Waals surface area contributed by atoms with E-state index in [-0.39, 0.29) is 11.5 Å². The molecule has 4 heteroatoms. The molecule has 1 aromatic rings. The van der Waals surface area contributed by atoms with Crippen LogP contribution < -0.4 is 4.90 Å². The fraction of sp³-hybridized carbons (Fsp3) is 0.533. The number of ether oxygens (including phenoxy) is 1. The van der Waals surface area contributed by atoms with Crippen molar-refractivity contribution in [3.05, 3.63) is 28.2 Å². The van der Waals surface area contributed by atoms with Crippen molar-refractivity contribution in [1.82, 2.24) is 0 Å². The third-order valence-electron chi connectivity index (χ3n) is 3.15. The maximum atomic E-state index is 12.3. The number of benzene rings is 1. The van der Waals surface area contributed by atoms with Crippen molar-refractivity contribution in [2.45, 2.75) is 45.6 Å². The average Bonchev–Trinajstić information content (AvgIpc) is 2.49. The third kappa shape index (κ3) is 2.94. The second-order valence-corrected chi connectivity index (χ2v) is 7.53. The molecule has 104 valence electrons. The predicted molar refractivity (Wildman–Crippen MR) is 80.7 cm³/mol. The second kappa shape index (κ2) is 4.51. The third-order valence-corrected chi connectivity index (χ3v) is 3.64. The Labute approximate surface area is 123 Å². The molecule has 1 heterocycles. The van der Waals surface area contributed by atoms with E-state index in [4.69, 9.17) is 4.74 Å². The zero-order valence-corrected chi connectivity index (χ0v) is 13.7. The topological polar surface area (TPSA) is 29.5 Å². The lowest BCUT2D eigenvalue weighted by Crippen LogP contribution is -2.38. The molecule has 1 amide bonds. The molecule has 0 aromatic heterocycles. The van der Waals surface area contributed by atoms with Gasteiger partial charge in [0.1, 0.15) is 5.60 Å². The minimum absolute atomic E-state index is 0.0595. The molecule has 0 radical (unpaired) electrons. The molecule has 0 saturated carbocycles. The number of hydrogen-bond donors (Lipinski definition) is 0. The van der Waals surface area contributed by atoms with Crippen LogP contribution in [-0.2, 0) is 10.2 Å². The molecule has 0 unspecified atom stereocenters. The Morgan fingerprint density at radius 2 is 2.00 bits per heavy atom. The van der Waals surface area contributed by atoms with Crippen LogP contribution in [0, 0.1) is 0 Å². The van der Waals surface area contributed by atoms with Crippen molar-refractivity contribution in [2.75, 3.05) is 11.4 Å². The summed E-state index contributed by atoms with van der Waals surface area (Å²) in [6.07, 6.45) is -0.276. The first kappa shape index (κ1) is 14.4. The van der Waals surface area contributed by atoms with Crippen molar-refractivity contribution < 1.29 is 9.53 Å². The van der Waals surface area contributed by atoms with Gasteiger partial charge in [-0.25, -0.2) is 4.79 Å². The van der Waals surface area contributed by atoms with Gasteiger partial charge in [0.05, 0.1) is 5.69 Å². The van der Waals surface area contributed by atoms with Crippen LogP contribution in [0.25, 0.3) is 0 Å². The van der Waals surface area contributed by atoms with Crippen LogP contribution in [0.5, 0.6) is 0 Å². The maximum Gasteiger partial charge on any atom is 0.414 e. The highest BCUT2D eigenvalue weighted by Gasteiger charge is 2.39. The molecule has 0 saturated heterocycles. The van der Waals surface area contributed by atoms with Crippen LogP contribution in [0.2, 0.25) is 0 Å². The fourth-order valence-electron chi connectivity index (χ4n) is 2.33. The molecular formula is C15H20BrNO2. The summed E-state index contributed by atoms with van der Waals surface area (Å²) in [5.41, 5.74) is 1.59. The van der Waals surface area contributed by atoms with Crippen LogP contribution in [0.15, 0.2) is 22.7 Å². The van der Waals surface area contributed by atoms with Gasteiger partial charge in [0.15, 0.2) is 0 Å². The van der Waals surface area contributed by atoms with E-state index in [1.165, 1.54) is 5.56 Å². The molecule has 0 N–H and O–H groups in total. The van der Waals surface area contributed by atoms with Gasteiger partial charge in [-0.1, -0.05) is 29.8 Å². The summed E-state index contributed by atoms with van der Waals surface area (Å²) >= 11 is 3.49. The number of anilines is 1. The van der Waals surface area contributed by atoms with Gasteiger partial charge in [-0.3, -0.25) is 4.90 Å². The quantitative estimate of drug-likeness (QED) is 0.703. The van der Waals surface area contributed by atoms with Gasteiger partial charge >= 0.3 is 6.09 Å². The zero-order valence-electron chi connectivity index (χ0n) is 12.1. The number of carbonyl (C=O) groups excluding carboxylic acids is 1. The first-order valence-corrected chi connectivity index (χ1v) is 7.20. The Bertz CT molecular complexity index is 517. The molecule has 0 fully saturated rings. The van der Waals surface area contributed by atoms with E-state index < -0.39 is 5.60 Å². The van der Waals surface area contributed by atoms with E-state index in [2.05, 4.69) is 35.8 Å². The van der Waals surface area contributed by atoms with Gasteiger partial charge < -0.3 is 4.74 Å². The number of fused-ring (bicyclic) bond motifs is 1. The molecule has 0 aliphatic carbocycles. The standard InChI is InChI=1S/C15H20BrNO2/c1-14(2,3)19-13(18)17-9-15(4,5)11-8-10(16)6-7-12(11)17/h6-8H,9H2,1-5H3. The molecular weight excluding hydrogens is 306 g/mol. The highest BCUT2D eigenvalue weighted by atomic mass is 79.9. The monoisotopic (exact) mass is 325 g/mol. The van der Waals surface area contributed by atoms with Crippen molar-refractivity contribution in [2.24, 2.45) is 0 Å². The molecule has 0 atom stereocenters. The van der Waals surface area contributed by atoms with Gasteiger partial charge in [-0.15, -0.1) is 0 Å². The number of hydrogen-bond acceptors (Lipinski definition) is 2. The second-order valence-electron chi connectivity index (χ2n) is 6.61. The Morgan fingerprint density at radius 3 is 2.58 bits per heavy atom. The average molecular weight is 326 g/mol. The van der Waals surface area contributed by atoms with Gasteiger partial charge in [-0.05, 0) is 44.5 Å². The van der Waals surface area contributed by atoms with E-state index in [9.17, 15) is 4.79 Å². The normalized spacial score (nSPS) is 17.3. The van der Waals surface area contributed by atoms with Crippen molar-refractivity contribution in [3.63, 3.8) is 0 Å². The van der Waals surface area contributed by atoms with Crippen molar-refractivity contribution in [3.8, 4) is 0 Å². The Hall–Kier alpha value is -1.03. The molecule has 0 spiro atoms. The van der Waals surface area contributed by atoms with E-state index in [0.29, 0.717) is 6.54 Å². The Balaban J connectivity index is 2.35. The largest absolute Gasteiger partial charge is 0.443 e. The lowest BCUT2D eigenvalue weighted by molar-refractivity contribution is 0.0579. The molecule has 1 aliphatic rings. The molecule has 2 rings (SSSR count). The molecule has 1 aromatic carbocycles. The molecule has 0 bridgehead atoms. The molecule has 3 nitrogen and oxygen atoms in total. The van der Waals surface area contributed by atoms with Gasteiger partial charge in [0, 0.05) is 16.4 Å². The number of carbonyl (C=O) groups is 1. The minimum Gasteiger partial charge on any atom is -0.443 e. The van der Waals surface area contributed by atoms with Crippen LogP contribution >= 0.6 is 15.9 Å². The van der Waals surface area contributed by atoms with Crippen LogP contribution in [0.3, 0.4) is 0 Å². The summed E-state index contributed by atoms with van der Waals surface area (Å²) in [6.45, 7) is 10.6. The van der Waals surface area contributed by atoms with Crippen LogP contribution in [0.4, 0.5) is 10.5 Å². The van der Waals surface area contributed by atoms with Gasteiger partial charge in [-0.2, -0.15) is 0 Å². The van der Waals surface area contributed by atoms with E-state index in [1.54, 1.807) is 4.90 Å². The minimum atomic E-state index is -0.473. The molecule has 1 aliphatic heterocycles. The molecule has 19 heavy (non-hydrogen) atoms. The lowest BCUT2D eigenvalue weighted by Gasteiger charge is -2.25. The van der Waals surface area contributed by atoms with Crippen molar-refractivity contribution >= 4 is 27.7 Å². The first-order valence-electron chi connectivity index (χ1n) is 6.41. The zero-order chi connectivity index (χ0) is 14.4. The number of amides is 1. The number of nitrogens with zero attached hydrogens (tertiary/aromatic N) is 1. The summed E-state index contributed by atoms with van der Waals surface area (Å²) in [5, 5.41) is 0. The first-order chi connectivity index (χ1) is 8.60. The highest BCUT2D eigenvalue weighted by molar-refractivity contribution is 9.10. The summed E-state index contributed by atoms with van der Waals surface area (Å²) in [6, 6.07) is 6.01. The highest BCUT2D eigenvalue weighted by Crippen LogP contribution is 2.42. The lowest BCUT2D eigenvalue weighted by atomic mass is 9.87. The Morgan fingerprint density at radius 1 is 1.37 bits per heavy atom. The Kier molecular flexibility index (Phi) is 3.42. The van der Waals surface area contributed by atoms with Crippen LogP contribution in [-0.4, -0.2) is 18.2 Å². The SMILES string of the molecule is CC(C)(C)OC(=O)N1CC(C)(C)c2cc(Br)ccc21. The maximum absolute atomic E-state index is 12.3. The van der Waals surface area contributed by atoms with E-state index >= 15 is 0 Å². The van der Waals surface area contributed by atoms with E-state index in [1.807, 2.05) is 32.9 Å². The van der Waals surface area contributed by atoms with E-state index in [0.717, 1.165) is 10.2 Å². The fourth-order valence-corrected chi connectivity index (χ4v) is 2.69.